The second-order valence-corrected chi connectivity index (χ2v) is 11.4. The van der Waals surface area contributed by atoms with Crippen LogP contribution in [0.3, 0.4) is 0 Å². The first kappa shape index (κ1) is 24.3. The maximum absolute atomic E-state index is 11.2. The molecular formula is C28H37N2OP. The lowest BCUT2D eigenvalue weighted by Gasteiger charge is -2.36. The Bertz CT molecular complexity index is 1060. The van der Waals surface area contributed by atoms with Crippen LogP contribution >= 0.6 is 8.58 Å². The van der Waals surface area contributed by atoms with Crippen LogP contribution in [0.25, 0.3) is 0 Å². The molecule has 2 unspecified atom stereocenters. The van der Waals surface area contributed by atoms with Gasteiger partial charge in [-0.1, -0.05) is 86.0 Å². The number of nitrogens with zero attached hydrogens (tertiary/aromatic N) is 2. The van der Waals surface area contributed by atoms with Gasteiger partial charge in [0.1, 0.15) is 5.75 Å². The lowest BCUT2D eigenvalue weighted by molar-refractivity contribution is 0.437. The number of rotatable bonds is 8. The fourth-order valence-corrected chi connectivity index (χ4v) is 6.10. The van der Waals surface area contributed by atoms with Crippen molar-refractivity contribution < 1.29 is 5.11 Å². The third-order valence-corrected chi connectivity index (χ3v) is 8.29. The number of hydrogen-bond acceptors (Lipinski definition) is 2. The number of aromatic hydroxyl groups is 1. The van der Waals surface area contributed by atoms with E-state index in [1.54, 1.807) is 0 Å². The third kappa shape index (κ3) is 5.33. The van der Waals surface area contributed by atoms with Crippen molar-refractivity contribution in [2.24, 2.45) is 5.10 Å². The molecule has 4 heteroatoms. The second-order valence-electron chi connectivity index (χ2n) is 9.64. The first-order valence-corrected chi connectivity index (χ1v) is 12.6. The zero-order chi connectivity index (χ0) is 23.4. The Balaban J connectivity index is 2.10. The normalized spacial score (nSPS) is 14.4. The molecule has 1 heterocycles. The number of phenolic OH excluding ortho intramolecular Hbond substituents is 1. The Morgan fingerprint density at radius 2 is 1.72 bits per heavy atom. The molecule has 3 rings (SSSR count). The van der Waals surface area contributed by atoms with Gasteiger partial charge in [-0.25, -0.2) is 4.68 Å². The van der Waals surface area contributed by atoms with E-state index in [9.17, 15) is 5.11 Å². The van der Waals surface area contributed by atoms with Crippen LogP contribution in [0.5, 0.6) is 5.75 Å². The zero-order valence-electron chi connectivity index (χ0n) is 20.3. The van der Waals surface area contributed by atoms with Crippen molar-refractivity contribution in [3.8, 4) is 5.75 Å². The minimum Gasteiger partial charge on any atom is -0.507 e. The largest absolute Gasteiger partial charge is 0.507 e. The average molecular weight is 449 g/mol. The van der Waals surface area contributed by atoms with Gasteiger partial charge in [-0.05, 0) is 53.7 Å². The van der Waals surface area contributed by atoms with E-state index in [0.29, 0.717) is 14.3 Å². The Morgan fingerprint density at radius 3 is 2.34 bits per heavy atom. The molecule has 32 heavy (non-hydrogen) atoms. The summed E-state index contributed by atoms with van der Waals surface area (Å²) >= 11 is 0. The first-order chi connectivity index (χ1) is 15.2. The summed E-state index contributed by atoms with van der Waals surface area (Å²) in [6, 6.07) is 16.9. The summed E-state index contributed by atoms with van der Waals surface area (Å²) in [7, 11) is 0.536. The number of benzene rings is 2. The summed E-state index contributed by atoms with van der Waals surface area (Å²) in [6.45, 7) is 13.3. The highest BCUT2D eigenvalue weighted by Gasteiger charge is 2.34. The van der Waals surface area contributed by atoms with Crippen molar-refractivity contribution in [3.05, 3.63) is 83.2 Å². The van der Waals surface area contributed by atoms with E-state index in [0.717, 1.165) is 36.0 Å². The summed E-state index contributed by atoms with van der Waals surface area (Å²) in [5.41, 5.74) is 4.51. The molecule has 0 radical (unpaired) electrons. The Kier molecular flexibility index (Phi) is 7.62. The standard InChI is InChI=1S/C28H37N2OP/c1-7-15-28(8-2,24-19-23(27(4,5)6)18-21(3)26(24)31)32-25-14-10-9-13-22(25)20-29-30-16-11-12-17-30/h9-14,16-20,31-32H,7-8,15H2,1-6H3/b29-20+. The molecule has 1 aromatic heterocycles. The molecule has 170 valence electrons. The van der Waals surface area contributed by atoms with Gasteiger partial charge in [-0.15, -0.1) is 0 Å². The second kappa shape index (κ2) is 10.0. The lowest BCUT2D eigenvalue weighted by Crippen LogP contribution is -2.25. The molecule has 0 saturated heterocycles. The summed E-state index contributed by atoms with van der Waals surface area (Å²) < 4.78 is 1.82. The molecule has 1 N–H and O–H groups in total. The topological polar surface area (TPSA) is 37.5 Å². The van der Waals surface area contributed by atoms with Crippen molar-refractivity contribution in [2.45, 2.75) is 71.4 Å². The number of phenols is 1. The van der Waals surface area contributed by atoms with Gasteiger partial charge >= 0.3 is 0 Å². The van der Waals surface area contributed by atoms with Crippen LogP contribution in [0, 0.1) is 6.92 Å². The predicted molar refractivity (Wildman–Crippen MR) is 140 cm³/mol. The molecular weight excluding hydrogens is 411 g/mol. The number of aromatic nitrogens is 1. The maximum Gasteiger partial charge on any atom is 0.122 e. The van der Waals surface area contributed by atoms with Crippen molar-refractivity contribution in [2.75, 3.05) is 0 Å². The summed E-state index contributed by atoms with van der Waals surface area (Å²) in [4.78, 5) is 0. The molecule has 0 aliphatic rings. The van der Waals surface area contributed by atoms with Crippen LogP contribution in [-0.4, -0.2) is 16.0 Å². The van der Waals surface area contributed by atoms with E-state index in [4.69, 9.17) is 0 Å². The van der Waals surface area contributed by atoms with Crippen LogP contribution in [-0.2, 0) is 10.6 Å². The van der Waals surface area contributed by atoms with E-state index in [-0.39, 0.29) is 10.6 Å². The lowest BCUT2D eigenvalue weighted by atomic mass is 9.81. The molecule has 0 saturated carbocycles. The fourth-order valence-electron chi connectivity index (χ4n) is 4.24. The van der Waals surface area contributed by atoms with Gasteiger partial charge < -0.3 is 5.11 Å². The van der Waals surface area contributed by atoms with Gasteiger partial charge in [0.15, 0.2) is 0 Å². The van der Waals surface area contributed by atoms with E-state index < -0.39 is 0 Å². The van der Waals surface area contributed by atoms with Crippen LogP contribution in [0.1, 0.15) is 76.1 Å². The Labute approximate surface area is 195 Å². The predicted octanol–water partition coefficient (Wildman–Crippen LogP) is 7.09. The molecule has 2 aromatic carbocycles. The van der Waals surface area contributed by atoms with Gasteiger partial charge in [0.05, 0.1) is 6.21 Å². The molecule has 0 aliphatic heterocycles. The van der Waals surface area contributed by atoms with E-state index in [2.05, 4.69) is 76.1 Å². The fraction of sp³-hybridized carbons (Fsp3) is 0.393. The van der Waals surface area contributed by atoms with Crippen LogP contribution < -0.4 is 5.30 Å². The SMILES string of the molecule is CCCC(CC)(Pc1ccccc1/C=N/n1cccc1)c1cc(C(C)(C)C)cc(C)c1O. The van der Waals surface area contributed by atoms with Crippen LogP contribution in [0.15, 0.2) is 66.0 Å². The van der Waals surface area contributed by atoms with Crippen molar-refractivity contribution in [1.82, 2.24) is 4.68 Å². The molecule has 2 atom stereocenters. The van der Waals surface area contributed by atoms with Gasteiger partial charge in [-0.2, -0.15) is 5.10 Å². The van der Waals surface area contributed by atoms with Gasteiger partial charge in [0, 0.05) is 28.7 Å². The van der Waals surface area contributed by atoms with E-state index in [1.165, 1.54) is 10.9 Å². The zero-order valence-corrected chi connectivity index (χ0v) is 21.3. The van der Waals surface area contributed by atoms with Gasteiger partial charge in [-0.3, -0.25) is 0 Å². The maximum atomic E-state index is 11.2. The smallest absolute Gasteiger partial charge is 0.122 e. The van der Waals surface area contributed by atoms with Gasteiger partial charge in [0.2, 0.25) is 0 Å². The Hall–Kier alpha value is -2.38. The van der Waals surface area contributed by atoms with Crippen LogP contribution in [0.2, 0.25) is 0 Å². The highest BCUT2D eigenvalue weighted by Crippen LogP contribution is 2.52. The quantitative estimate of drug-likeness (QED) is 0.290. The van der Waals surface area contributed by atoms with E-state index in [1.807, 2.05) is 42.3 Å². The summed E-state index contributed by atoms with van der Waals surface area (Å²) in [5.74, 6) is 0.458. The molecule has 0 aliphatic carbocycles. The van der Waals surface area contributed by atoms with E-state index >= 15 is 0 Å². The summed E-state index contributed by atoms with van der Waals surface area (Å²) in [5, 5.41) is 17.0. The highest BCUT2D eigenvalue weighted by atomic mass is 31.1. The van der Waals surface area contributed by atoms with Crippen LogP contribution in [0.4, 0.5) is 0 Å². The van der Waals surface area contributed by atoms with Crippen molar-refractivity contribution in [1.29, 1.82) is 0 Å². The van der Waals surface area contributed by atoms with Crippen molar-refractivity contribution >= 4 is 20.1 Å². The Morgan fingerprint density at radius 1 is 1.03 bits per heavy atom. The molecule has 3 aromatic rings. The van der Waals surface area contributed by atoms with Gasteiger partial charge in [0.25, 0.3) is 0 Å². The monoisotopic (exact) mass is 448 g/mol. The average Bonchev–Trinajstić information content (AvgIpc) is 3.27. The molecule has 0 bridgehead atoms. The minimum atomic E-state index is -0.109. The minimum absolute atomic E-state index is 0.0311. The first-order valence-electron chi connectivity index (χ1n) is 11.6. The number of hydrogen-bond donors (Lipinski definition) is 1. The van der Waals surface area contributed by atoms with Crippen molar-refractivity contribution in [3.63, 3.8) is 0 Å². The third-order valence-electron chi connectivity index (χ3n) is 6.22. The molecule has 0 fully saturated rings. The molecule has 0 amide bonds. The highest BCUT2D eigenvalue weighted by molar-refractivity contribution is 7.48. The summed E-state index contributed by atoms with van der Waals surface area (Å²) in [6.07, 6.45) is 8.90. The molecule has 0 spiro atoms. The number of aryl methyl sites for hydroxylation is 1. The molecule has 3 nitrogen and oxygen atoms in total.